The quantitative estimate of drug-likeness (QED) is 0.276. The van der Waals surface area contributed by atoms with Crippen molar-refractivity contribution < 1.29 is 9.53 Å². The fourth-order valence-electron chi connectivity index (χ4n) is 2.83. The van der Waals surface area contributed by atoms with Crippen LogP contribution in [0.5, 0.6) is 0 Å². The molecule has 0 spiro atoms. The van der Waals surface area contributed by atoms with Crippen molar-refractivity contribution in [2.75, 3.05) is 27.2 Å². The molecule has 0 fully saturated rings. The highest BCUT2D eigenvalue weighted by Gasteiger charge is 2.04. The molecule has 7 heteroatoms. The zero-order valence-corrected chi connectivity index (χ0v) is 19.7. The van der Waals surface area contributed by atoms with E-state index < -0.39 is 0 Å². The molecular formula is C22H31IN4O2. The van der Waals surface area contributed by atoms with E-state index in [0.717, 1.165) is 42.2 Å². The highest BCUT2D eigenvalue weighted by Crippen LogP contribution is 2.08. The van der Waals surface area contributed by atoms with Gasteiger partial charge in [0.2, 0.25) is 0 Å². The van der Waals surface area contributed by atoms with Crippen LogP contribution in [0.4, 0.5) is 0 Å². The van der Waals surface area contributed by atoms with Crippen LogP contribution in [0, 0.1) is 0 Å². The average Bonchev–Trinajstić information content (AvgIpc) is 2.72. The van der Waals surface area contributed by atoms with E-state index in [9.17, 15) is 4.79 Å². The van der Waals surface area contributed by atoms with Crippen LogP contribution in [0.3, 0.4) is 0 Å². The third-order valence-corrected chi connectivity index (χ3v) is 4.19. The van der Waals surface area contributed by atoms with E-state index in [-0.39, 0.29) is 29.9 Å². The van der Waals surface area contributed by atoms with Crippen molar-refractivity contribution in [1.29, 1.82) is 0 Å². The van der Waals surface area contributed by atoms with E-state index in [4.69, 9.17) is 4.74 Å². The number of nitrogens with one attached hydrogen (secondary N) is 3. The molecule has 29 heavy (non-hydrogen) atoms. The number of hydrogen-bond acceptors (Lipinski definition) is 3. The van der Waals surface area contributed by atoms with E-state index in [0.29, 0.717) is 18.7 Å². The number of aliphatic imine (C=N–C) groups is 1. The summed E-state index contributed by atoms with van der Waals surface area (Å²) < 4.78 is 5.19. The molecule has 0 unspecified atom stereocenters. The maximum absolute atomic E-state index is 11.8. The van der Waals surface area contributed by atoms with Crippen LogP contribution in [0.2, 0.25) is 0 Å². The van der Waals surface area contributed by atoms with Gasteiger partial charge in [0.25, 0.3) is 5.91 Å². The van der Waals surface area contributed by atoms with E-state index in [1.54, 1.807) is 14.2 Å². The zero-order valence-electron chi connectivity index (χ0n) is 17.3. The van der Waals surface area contributed by atoms with E-state index in [1.807, 2.05) is 43.3 Å². The highest BCUT2D eigenvalue weighted by molar-refractivity contribution is 14.0. The standard InChI is InChI=1S/C22H30N4O2.HI/c1-4-24-22(26-15-18-8-5-9-19(13-18)16-28-3)25-12-11-17-7-6-10-20(14-17)21(27)23-2;/h5-10,13-14H,4,11-12,15-16H2,1-3H3,(H,23,27)(H2,24,25,26);1H. The second-order valence-corrected chi connectivity index (χ2v) is 6.40. The van der Waals surface area contributed by atoms with Crippen molar-refractivity contribution in [1.82, 2.24) is 16.0 Å². The van der Waals surface area contributed by atoms with Crippen LogP contribution in [0.25, 0.3) is 0 Å². The van der Waals surface area contributed by atoms with Gasteiger partial charge in [0.15, 0.2) is 5.96 Å². The molecule has 1 amide bonds. The zero-order chi connectivity index (χ0) is 20.2. The number of halogens is 1. The summed E-state index contributed by atoms with van der Waals surface area (Å²) in [7, 11) is 3.34. The molecule has 2 rings (SSSR count). The number of carbonyl (C=O) groups is 1. The van der Waals surface area contributed by atoms with E-state index in [1.165, 1.54) is 0 Å². The molecule has 6 nitrogen and oxygen atoms in total. The summed E-state index contributed by atoms with van der Waals surface area (Å²) in [5.74, 6) is 0.711. The van der Waals surface area contributed by atoms with Crippen LogP contribution in [-0.2, 0) is 24.3 Å². The first-order valence-corrected chi connectivity index (χ1v) is 9.56. The normalized spacial score (nSPS) is 10.8. The van der Waals surface area contributed by atoms with Crippen LogP contribution >= 0.6 is 24.0 Å². The Kier molecular flexibility index (Phi) is 12.0. The molecule has 2 aromatic rings. The summed E-state index contributed by atoms with van der Waals surface area (Å²) in [6.45, 7) is 4.77. The Bertz CT molecular complexity index is 796. The summed E-state index contributed by atoms with van der Waals surface area (Å²) in [6, 6.07) is 15.9. The summed E-state index contributed by atoms with van der Waals surface area (Å²) in [5, 5.41) is 9.28. The van der Waals surface area contributed by atoms with Gasteiger partial charge in [0.1, 0.15) is 0 Å². The Morgan fingerprint density at radius 1 is 1.03 bits per heavy atom. The summed E-state index contributed by atoms with van der Waals surface area (Å²) in [4.78, 5) is 16.4. The molecule has 3 N–H and O–H groups in total. The molecular weight excluding hydrogens is 479 g/mol. The Morgan fingerprint density at radius 2 is 1.76 bits per heavy atom. The minimum atomic E-state index is -0.0691. The predicted octanol–water partition coefficient (Wildman–Crippen LogP) is 3.11. The van der Waals surface area contributed by atoms with Crippen LogP contribution in [-0.4, -0.2) is 39.1 Å². The lowest BCUT2D eigenvalue weighted by molar-refractivity contribution is 0.0963. The molecule has 2 aromatic carbocycles. The first kappa shape index (κ1) is 24.9. The molecule has 0 aliphatic heterocycles. The summed E-state index contributed by atoms with van der Waals surface area (Å²) in [6.07, 6.45) is 0.804. The summed E-state index contributed by atoms with van der Waals surface area (Å²) >= 11 is 0. The van der Waals surface area contributed by atoms with Crippen molar-refractivity contribution in [3.8, 4) is 0 Å². The molecule has 0 bridgehead atoms. The van der Waals surface area contributed by atoms with Crippen LogP contribution < -0.4 is 16.0 Å². The lowest BCUT2D eigenvalue weighted by atomic mass is 10.1. The average molecular weight is 510 g/mol. The molecule has 0 saturated carbocycles. The van der Waals surface area contributed by atoms with Gasteiger partial charge in [-0.25, -0.2) is 4.99 Å². The number of rotatable bonds is 9. The predicted molar refractivity (Wildman–Crippen MR) is 129 cm³/mol. The minimum Gasteiger partial charge on any atom is -0.380 e. The summed E-state index contributed by atoms with van der Waals surface area (Å²) in [5.41, 5.74) is 4.07. The topological polar surface area (TPSA) is 74.8 Å². The van der Waals surface area contributed by atoms with Crippen LogP contribution in [0.15, 0.2) is 53.5 Å². The first-order chi connectivity index (χ1) is 13.7. The van der Waals surface area contributed by atoms with Crippen LogP contribution in [0.1, 0.15) is 34.0 Å². The highest BCUT2D eigenvalue weighted by atomic mass is 127. The van der Waals surface area contributed by atoms with Gasteiger partial charge in [-0.05, 0) is 42.2 Å². The van der Waals surface area contributed by atoms with Crippen molar-refractivity contribution >= 4 is 35.8 Å². The Labute approximate surface area is 190 Å². The number of benzene rings is 2. The Balaban J connectivity index is 0.00000420. The smallest absolute Gasteiger partial charge is 0.251 e. The van der Waals surface area contributed by atoms with E-state index in [2.05, 4.69) is 33.1 Å². The van der Waals surface area contributed by atoms with Gasteiger partial charge in [-0.1, -0.05) is 36.4 Å². The van der Waals surface area contributed by atoms with Crippen molar-refractivity contribution in [2.24, 2.45) is 4.99 Å². The lowest BCUT2D eigenvalue weighted by Crippen LogP contribution is -2.38. The fourth-order valence-corrected chi connectivity index (χ4v) is 2.83. The van der Waals surface area contributed by atoms with Gasteiger partial charge in [0, 0.05) is 32.8 Å². The van der Waals surface area contributed by atoms with Gasteiger partial charge in [-0.15, -0.1) is 24.0 Å². The van der Waals surface area contributed by atoms with E-state index >= 15 is 0 Å². The molecule has 0 radical (unpaired) electrons. The van der Waals surface area contributed by atoms with Crippen molar-refractivity contribution in [2.45, 2.75) is 26.5 Å². The largest absolute Gasteiger partial charge is 0.380 e. The van der Waals surface area contributed by atoms with Gasteiger partial charge in [-0.2, -0.15) is 0 Å². The first-order valence-electron chi connectivity index (χ1n) is 9.56. The number of nitrogens with zero attached hydrogens (tertiary/aromatic N) is 1. The second kappa shape index (κ2) is 13.9. The fraction of sp³-hybridized carbons (Fsp3) is 0.364. The molecule has 0 saturated heterocycles. The number of hydrogen-bond donors (Lipinski definition) is 3. The molecule has 0 heterocycles. The maximum Gasteiger partial charge on any atom is 0.251 e. The third-order valence-electron chi connectivity index (χ3n) is 4.19. The number of guanidine groups is 1. The second-order valence-electron chi connectivity index (χ2n) is 6.40. The molecule has 0 atom stereocenters. The molecule has 0 aliphatic rings. The van der Waals surface area contributed by atoms with Gasteiger partial charge >= 0.3 is 0 Å². The molecule has 0 aliphatic carbocycles. The van der Waals surface area contributed by atoms with Gasteiger partial charge < -0.3 is 20.7 Å². The SMILES string of the molecule is CCNC(=NCc1cccc(COC)c1)NCCc1cccc(C(=O)NC)c1.I. The number of ether oxygens (including phenoxy) is 1. The van der Waals surface area contributed by atoms with Gasteiger partial charge in [0.05, 0.1) is 13.2 Å². The molecule has 0 aromatic heterocycles. The number of methoxy groups -OCH3 is 1. The van der Waals surface area contributed by atoms with Crippen molar-refractivity contribution in [3.63, 3.8) is 0 Å². The number of carbonyl (C=O) groups excluding carboxylic acids is 1. The van der Waals surface area contributed by atoms with Gasteiger partial charge in [-0.3, -0.25) is 4.79 Å². The number of amides is 1. The minimum absolute atomic E-state index is 0. The van der Waals surface area contributed by atoms with Crippen molar-refractivity contribution in [3.05, 3.63) is 70.8 Å². The molecule has 158 valence electrons. The Hall–Kier alpha value is -2.13. The monoisotopic (exact) mass is 510 g/mol. The Morgan fingerprint density at radius 3 is 2.48 bits per heavy atom. The third kappa shape index (κ3) is 8.82. The maximum atomic E-state index is 11.8. The lowest BCUT2D eigenvalue weighted by Gasteiger charge is -2.12.